The standard InChI is InChI=1S/C29H32F2N4O5SSi/c1-6-41(37,38)33-20-8-10-26(40-27-9-7-19(30)13-25(27)31)22(14-20)24-17-34(2)29(36)23-15-21(16-32)35(28(23)24)18-39-11-12-42(3,4)5/h7-10,13-15,17,33H,6,11-12,18H2,1-5H3. The molecule has 2 aromatic heterocycles. The molecule has 0 radical (unpaired) electrons. The number of ether oxygens (including phenoxy) is 2. The Morgan fingerprint density at radius 1 is 1.05 bits per heavy atom. The number of sulfonamides is 1. The third-order valence-corrected chi connectivity index (χ3v) is 9.60. The first-order valence-electron chi connectivity index (χ1n) is 13.2. The minimum atomic E-state index is -3.66. The lowest BCUT2D eigenvalue weighted by Crippen LogP contribution is -2.22. The molecule has 2 heterocycles. The van der Waals surface area contributed by atoms with E-state index in [1.54, 1.807) is 11.6 Å². The first-order chi connectivity index (χ1) is 19.7. The molecule has 0 aliphatic rings. The number of hydrogen-bond donors (Lipinski definition) is 1. The minimum absolute atomic E-state index is 0.0119. The normalized spacial score (nSPS) is 12.0. The van der Waals surface area contributed by atoms with Gasteiger partial charge in [-0.05, 0) is 49.4 Å². The fourth-order valence-corrected chi connectivity index (χ4v) is 5.67. The van der Waals surface area contributed by atoms with Crippen LogP contribution in [0.15, 0.2) is 53.5 Å². The van der Waals surface area contributed by atoms with Crippen molar-refractivity contribution in [2.45, 2.75) is 39.3 Å². The quantitative estimate of drug-likeness (QED) is 0.163. The van der Waals surface area contributed by atoms with Crippen LogP contribution in [0.25, 0.3) is 22.0 Å². The third kappa shape index (κ3) is 6.89. The number of nitrogens with one attached hydrogen (secondary N) is 1. The maximum atomic E-state index is 14.6. The predicted molar refractivity (Wildman–Crippen MR) is 161 cm³/mol. The van der Waals surface area contributed by atoms with Crippen LogP contribution in [-0.4, -0.2) is 38.0 Å². The van der Waals surface area contributed by atoms with E-state index < -0.39 is 29.7 Å². The summed E-state index contributed by atoms with van der Waals surface area (Å²) in [5.74, 6) is -2.04. The molecule has 222 valence electrons. The zero-order chi connectivity index (χ0) is 30.8. The van der Waals surface area contributed by atoms with E-state index >= 15 is 0 Å². The van der Waals surface area contributed by atoms with Crippen LogP contribution < -0.4 is 15.0 Å². The van der Waals surface area contributed by atoms with Gasteiger partial charge in [-0.1, -0.05) is 19.6 Å². The topological polar surface area (TPSA) is 115 Å². The summed E-state index contributed by atoms with van der Waals surface area (Å²) in [6, 6.07) is 11.8. The molecule has 4 rings (SSSR count). The maximum absolute atomic E-state index is 14.6. The van der Waals surface area contributed by atoms with E-state index in [0.717, 1.165) is 18.2 Å². The molecule has 1 N–H and O–H groups in total. The number of rotatable bonds is 11. The highest BCUT2D eigenvalue weighted by atomic mass is 32.2. The summed E-state index contributed by atoms with van der Waals surface area (Å²) >= 11 is 0. The largest absolute Gasteiger partial charge is 0.454 e. The van der Waals surface area contributed by atoms with Gasteiger partial charge in [0.1, 0.15) is 30.1 Å². The van der Waals surface area contributed by atoms with Gasteiger partial charge in [-0.3, -0.25) is 9.52 Å². The number of anilines is 1. The number of halogens is 2. The monoisotopic (exact) mass is 614 g/mol. The number of aromatic nitrogens is 2. The summed E-state index contributed by atoms with van der Waals surface area (Å²) in [7, 11) is -3.51. The van der Waals surface area contributed by atoms with Crippen LogP contribution >= 0.6 is 0 Å². The Bertz CT molecular complexity index is 1860. The Balaban J connectivity index is 1.95. The van der Waals surface area contributed by atoms with Crippen molar-refractivity contribution >= 4 is 34.7 Å². The smallest absolute Gasteiger partial charge is 0.259 e. The van der Waals surface area contributed by atoms with Crippen LogP contribution in [0.1, 0.15) is 12.6 Å². The molecule has 9 nitrogen and oxygen atoms in total. The van der Waals surface area contributed by atoms with E-state index in [1.165, 1.54) is 42.0 Å². The zero-order valence-electron chi connectivity index (χ0n) is 24.0. The van der Waals surface area contributed by atoms with Crippen molar-refractivity contribution in [2.24, 2.45) is 7.05 Å². The van der Waals surface area contributed by atoms with Crippen molar-refractivity contribution < 1.29 is 26.7 Å². The summed E-state index contributed by atoms with van der Waals surface area (Å²) in [4.78, 5) is 13.2. The van der Waals surface area contributed by atoms with Gasteiger partial charge in [0.15, 0.2) is 11.6 Å². The van der Waals surface area contributed by atoms with Crippen LogP contribution in [0.5, 0.6) is 11.5 Å². The maximum Gasteiger partial charge on any atom is 0.259 e. The highest BCUT2D eigenvalue weighted by Crippen LogP contribution is 2.40. The van der Waals surface area contributed by atoms with Gasteiger partial charge >= 0.3 is 0 Å². The number of aryl methyl sites for hydroxylation is 1. The number of hydrogen-bond acceptors (Lipinski definition) is 6. The molecule has 0 aliphatic carbocycles. The van der Waals surface area contributed by atoms with E-state index in [0.29, 0.717) is 29.3 Å². The van der Waals surface area contributed by atoms with Crippen molar-refractivity contribution in [3.8, 4) is 28.7 Å². The van der Waals surface area contributed by atoms with Crippen molar-refractivity contribution in [2.75, 3.05) is 17.1 Å². The SMILES string of the molecule is CCS(=O)(=O)Nc1ccc(Oc2ccc(F)cc2F)c(-c2cn(C)c(=O)c3cc(C#N)n(COCC[Si](C)(C)C)c23)c1. The highest BCUT2D eigenvalue weighted by molar-refractivity contribution is 7.92. The summed E-state index contributed by atoms with van der Waals surface area (Å²) in [5, 5.41) is 10.2. The van der Waals surface area contributed by atoms with Crippen LogP contribution in [0, 0.1) is 23.0 Å². The van der Waals surface area contributed by atoms with Gasteiger partial charge in [0, 0.05) is 50.8 Å². The van der Waals surface area contributed by atoms with E-state index in [9.17, 15) is 27.3 Å². The van der Waals surface area contributed by atoms with Crippen LogP contribution in [0.3, 0.4) is 0 Å². The molecule has 4 aromatic rings. The number of fused-ring (bicyclic) bond motifs is 1. The lowest BCUT2D eigenvalue weighted by atomic mass is 10.0. The van der Waals surface area contributed by atoms with Gasteiger partial charge in [0.2, 0.25) is 10.0 Å². The molecular formula is C29H32F2N4O5SSi. The molecule has 0 fully saturated rings. The lowest BCUT2D eigenvalue weighted by molar-refractivity contribution is 0.0897. The Morgan fingerprint density at radius 3 is 2.40 bits per heavy atom. The van der Waals surface area contributed by atoms with Gasteiger partial charge in [0.05, 0.1) is 16.7 Å². The fraction of sp³-hybridized carbons (Fsp3) is 0.310. The Labute approximate surface area is 244 Å². The summed E-state index contributed by atoms with van der Waals surface area (Å²) in [6.07, 6.45) is 1.53. The average molecular weight is 615 g/mol. The van der Waals surface area contributed by atoms with Gasteiger partial charge in [0.25, 0.3) is 5.56 Å². The molecule has 0 unspecified atom stereocenters. The second-order valence-electron chi connectivity index (χ2n) is 11.0. The number of nitrogens with zero attached hydrogens (tertiary/aromatic N) is 3. The van der Waals surface area contributed by atoms with Crippen molar-refractivity contribution in [1.29, 1.82) is 5.26 Å². The molecule has 42 heavy (non-hydrogen) atoms. The Kier molecular flexibility index (Phi) is 8.91. The van der Waals surface area contributed by atoms with E-state index in [4.69, 9.17) is 9.47 Å². The minimum Gasteiger partial charge on any atom is -0.454 e. The van der Waals surface area contributed by atoms with Crippen molar-refractivity contribution in [3.63, 3.8) is 0 Å². The third-order valence-electron chi connectivity index (χ3n) is 6.59. The molecule has 0 amide bonds. The molecule has 0 aliphatic heterocycles. The van der Waals surface area contributed by atoms with Crippen LogP contribution in [0.2, 0.25) is 25.7 Å². The first-order valence-corrected chi connectivity index (χ1v) is 18.6. The summed E-state index contributed by atoms with van der Waals surface area (Å²) in [5.41, 5.74) is 1.09. The van der Waals surface area contributed by atoms with Gasteiger partial charge < -0.3 is 18.6 Å². The van der Waals surface area contributed by atoms with Gasteiger partial charge in [-0.2, -0.15) is 5.26 Å². The second kappa shape index (κ2) is 12.1. The second-order valence-corrected chi connectivity index (χ2v) is 18.7. The number of pyridine rings is 1. The summed E-state index contributed by atoms with van der Waals surface area (Å²) < 4.78 is 70.2. The molecule has 0 spiro atoms. The molecule has 0 saturated carbocycles. The van der Waals surface area contributed by atoms with E-state index in [1.807, 2.05) is 0 Å². The molecule has 13 heteroatoms. The number of benzene rings is 2. The van der Waals surface area contributed by atoms with Crippen molar-refractivity contribution in [3.05, 3.63) is 76.3 Å². The van der Waals surface area contributed by atoms with Crippen LogP contribution in [0.4, 0.5) is 14.5 Å². The molecular weight excluding hydrogens is 582 g/mol. The Hall–Kier alpha value is -3.99. The number of nitriles is 1. The first kappa shape index (κ1) is 31.0. The lowest BCUT2D eigenvalue weighted by Gasteiger charge is -2.18. The zero-order valence-corrected chi connectivity index (χ0v) is 25.8. The van der Waals surface area contributed by atoms with Crippen LogP contribution in [-0.2, 0) is 28.5 Å². The fourth-order valence-electron chi connectivity index (χ4n) is 4.28. The van der Waals surface area contributed by atoms with Gasteiger partial charge in [-0.25, -0.2) is 17.2 Å². The summed E-state index contributed by atoms with van der Waals surface area (Å²) in [6.45, 7) is 8.60. The molecule has 2 aromatic carbocycles. The van der Waals surface area contributed by atoms with Gasteiger partial charge in [-0.15, -0.1) is 0 Å². The molecule has 0 saturated heterocycles. The molecule has 0 bridgehead atoms. The van der Waals surface area contributed by atoms with E-state index in [2.05, 4.69) is 30.4 Å². The van der Waals surface area contributed by atoms with E-state index in [-0.39, 0.29) is 46.3 Å². The highest BCUT2D eigenvalue weighted by Gasteiger charge is 2.22. The molecule has 0 atom stereocenters. The predicted octanol–water partition coefficient (Wildman–Crippen LogP) is 6.02. The average Bonchev–Trinajstić information content (AvgIpc) is 3.29. The van der Waals surface area contributed by atoms with Crippen molar-refractivity contribution in [1.82, 2.24) is 9.13 Å². The Morgan fingerprint density at radius 2 is 1.76 bits per heavy atom.